The second-order valence-electron chi connectivity index (χ2n) is 15.1. The van der Waals surface area contributed by atoms with Crippen LogP contribution < -0.4 is 5.73 Å². The van der Waals surface area contributed by atoms with Crippen LogP contribution in [0.2, 0.25) is 41.3 Å². The molecular weight excluding hydrogens is 700 g/mol. The van der Waals surface area contributed by atoms with E-state index in [9.17, 15) is 4.39 Å². The first-order chi connectivity index (χ1) is 21.6. The smallest absolute Gasteiger partial charge is 0.328 e. The minimum atomic E-state index is -3.29. The second kappa shape index (κ2) is 13.1. The highest BCUT2D eigenvalue weighted by Crippen LogP contribution is 2.60. The highest BCUT2D eigenvalue weighted by atomic mass is 35.5. The molecule has 11 nitrogen and oxygen atoms in total. The maximum Gasteiger partial charge on any atom is 0.328 e. The zero-order valence-electron chi connectivity index (χ0n) is 28.6. The van der Waals surface area contributed by atoms with Gasteiger partial charge in [0.1, 0.15) is 42.1 Å². The molecule has 2 unspecified atom stereocenters. The number of benzene rings is 1. The Morgan fingerprint density at radius 2 is 1.68 bits per heavy atom. The molecule has 2 saturated heterocycles. The van der Waals surface area contributed by atoms with Crippen molar-refractivity contribution in [1.29, 1.82) is 0 Å². The summed E-state index contributed by atoms with van der Waals surface area (Å²) in [5.74, 6) is -0.305. The van der Waals surface area contributed by atoms with Gasteiger partial charge < -0.3 is 28.4 Å². The zero-order chi connectivity index (χ0) is 34.7. The summed E-state index contributed by atoms with van der Waals surface area (Å²) in [5, 5.41) is -0.224. The van der Waals surface area contributed by atoms with Gasteiger partial charge in [-0.2, -0.15) is 0 Å². The molecule has 2 aromatic heterocycles. The van der Waals surface area contributed by atoms with E-state index in [0.717, 1.165) is 0 Å². The number of fused-ring (bicyclic) bond motifs is 1. The molecule has 0 bridgehead atoms. The van der Waals surface area contributed by atoms with Gasteiger partial charge in [0.15, 0.2) is 34.3 Å². The van der Waals surface area contributed by atoms with E-state index in [2.05, 4.69) is 82.7 Å². The fourth-order valence-electron chi connectivity index (χ4n) is 4.95. The van der Waals surface area contributed by atoms with Crippen molar-refractivity contribution in [2.24, 2.45) is 0 Å². The van der Waals surface area contributed by atoms with Crippen molar-refractivity contribution >= 4 is 63.7 Å². The molecule has 0 amide bonds. The number of hydrogen-bond donors (Lipinski definition) is 1. The summed E-state index contributed by atoms with van der Waals surface area (Å²) >= 11 is 11.8. The Morgan fingerprint density at radius 1 is 1.04 bits per heavy atom. The molecule has 2 aliphatic heterocycles. The summed E-state index contributed by atoms with van der Waals surface area (Å²) in [4.78, 5) is 13.1. The maximum atomic E-state index is 14.8. The Labute approximate surface area is 288 Å². The average molecular weight is 746 g/mol. The predicted octanol–water partition coefficient (Wildman–Crippen LogP) is 7.91. The highest BCUT2D eigenvalue weighted by molar-refractivity contribution is 8.07. The van der Waals surface area contributed by atoms with Gasteiger partial charge in [-0.15, -0.1) is 0 Å². The molecule has 0 radical (unpaired) electrons. The summed E-state index contributed by atoms with van der Waals surface area (Å²) < 4.78 is 56.0. The molecular formula is C30H46ClFN5O6PSSi2. The molecule has 0 spiro atoms. The lowest BCUT2D eigenvalue weighted by molar-refractivity contribution is -0.0468. The van der Waals surface area contributed by atoms with E-state index in [1.165, 1.54) is 12.4 Å². The number of ether oxygens (including phenoxy) is 1. The Morgan fingerprint density at radius 3 is 2.32 bits per heavy atom. The maximum absolute atomic E-state index is 14.8. The number of anilines is 1. The lowest BCUT2D eigenvalue weighted by Gasteiger charge is -2.44. The number of imidazole rings is 1. The summed E-state index contributed by atoms with van der Waals surface area (Å²) in [5.41, 5.74) is 7.39. The Hall–Kier alpha value is -1.37. The van der Waals surface area contributed by atoms with E-state index < -0.39 is 59.8 Å². The minimum Gasteiger partial charge on any atom is -0.408 e. The topological polar surface area (TPSA) is 125 Å². The van der Waals surface area contributed by atoms with Crippen molar-refractivity contribution in [1.82, 2.24) is 19.5 Å². The molecule has 1 aromatic carbocycles. The van der Waals surface area contributed by atoms with Gasteiger partial charge in [-0.3, -0.25) is 9.09 Å². The van der Waals surface area contributed by atoms with E-state index in [-0.39, 0.29) is 39.7 Å². The van der Waals surface area contributed by atoms with Crippen LogP contribution in [0, 0.1) is 5.82 Å². The average Bonchev–Trinajstić information content (AvgIpc) is 3.64. The summed E-state index contributed by atoms with van der Waals surface area (Å²) in [6, 6.07) is 4.73. The molecule has 6 atom stereocenters. The van der Waals surface area contributed by atoms with Gasteiger partial charge in [0.25, 0.3) is 0 Å². The number of nitrogen functional groups attached to an aromatic ring is 1. The van der Waals surface area contributed by atoms with Crippen LogP contribution >= 0.6 is 18.3 Å². The van der Waals surface area contributed by atoms with E-state index in [1.807, 2.05) is 4.57 Å². The van der Waals surface area contributed by atoms with Gasteiger partial charge in [-0.25, -0.2) is 19.3 Å². The fourth-order valence-corrected chi connectivity index (χ4v) is 9.74. The number of aromatic nitrogens is 4. The lowest BCUT2D eigenvalue weighted by Crippen LogP contribution is -2.54. The van der Waals surface area contributed by atoms with E-state index in [0.29, 0.717) is 11.2 Å². The molecule has 4 heterocycles. The van der Waals surface area contributed by atoms with Crippen LogP contribution in [0.5, 0.6) is 0 Å². The van der Waals surface area contributed by atoms with Crippen molar-refractivity contribution in [3.63, 3.8) is 0 Å². The van der Waals surface area contributed by atoms with Crippen LogP contribution in [0.3, 0.4) is 0 Å². The molecule has 2 N–H and O–H groups in total. The van der Waals surface area contributed by atoms with Crippen LogP contribution in [-0.4, -0.2) is 67.7 Å². The van der Waals surface area contributed by atoms with Gasteiger partial charge >= 0.3 is 6.72 Å². The van der Waals surface area contributed by atoms with Gasteiger partial charge in [0.05, 0.1) is 24.6 Å². The van der Waals surface area contributed by atoms with Crippen LogP contribution in [0.1, 0.15) is 59.4 Å². The van der Waals surface area contributed by atoms with Crippen molar-refractivity contribution in [2.75, 3.05) is 18.9 Å². The number of nitrogens with two attached hydrogens (primary N) is 1. The van der Waals surface area contributed by atoms with Crippen molar-refractivity contribution in [3.05, 3.63) is 47.3 Å². The third-order valence-corrected chi connectivity index (χ3v) is 21.4. The van der Waals surface area contributed by atoms with Gasteiger partial charge in [-0.1, -0.05) is 65.3 Å². The van der Waals surface area contributed by atoms with Gasteiger partial charge in [0, 0.05) is 5.56 Å². The minimum absolute atomic E-state index is 0.00457. The van der Waals surface area contributed by atoms with Crippen LogP contribution in [0.25, 0.3) is 11.2 Å². The monoisotopic (exact) mass is 745 g/mol. The van der Waals surface area contributed by atoms with E-state index >= 15 is 0 Å². The molecule has 260 valence electrons. The van der Waals surface area contributed by atoms with Crippen LogP contribution in [0.15, 0.2) is 30.9 Å². The first-order valence-corrected chi connectivity index (χ1v) is 24.3. The molecule has 0 saturated carbocycles. The molecule has 17 heteroatoms. The largest absolute Gasteiger partial charge is 0.408 e. The standard InChI is InChI=1S/C30H46ClFN5O6PSSi2/c1-29(2,3)46(7,8)42-24-21(15-39-44(45)38-14-20(41-44)18-12-11-13-19(31)22(18)32)40-28(25(24)43-47(9,10)30(4,5)6)37-17-36-23-26(33)34-16-35-27(23)37/h11-13,16-17,20-21,24-25,28H,14-15H2,1-10H3,(H2,33,34,35)/t20?,21-,24-,25-,28-,44?/m1/s1. The van der Waals surface area contributed by atoms with Crippen LogP contribution in [0.4, 0.5) is 10.2 Å². The normalized spacial score (nSPS) is 27.6. The number of rotatable bonds is 9. The van der Waals surface area contributed by atoms with Crippen molar-refractivity contribution in [3.8, 4) is 0 Å². The zero-order valence-corrected chi connectivity index (χ0v) is 33.1. The highest BCUT2D eigenvalue weighted by Gasteiger charge is 2.55. The summed E-state index contributed by atoms with van der Waals surface area (Å²) in [7, 11) is -4.80. The number of nitrogens with zero attached hydrogens (tertiary/aromatic N) is 4. The van der Waals surface area contributed by atoms with Crippen molar-refractivity contribution < 1.29 is 31.6 Å². The molecule has 3 aromatic rings. The second-order valence-corrected chi connectivity index (χ2v) is 28.0. The SMILES string of the molecule is CC(C)(C)[Si](C)(C)O[C@@H]1[C@H](O[Si](C)(C)C(C)(C)C)[C@@H](COP2(=S)OCC(c3cccc(Cl)c3F)O2)O[C@H]1n1cnc2c(N)ncnc21. The quantitative estimate of drug-likeness (QED) is 0.170. The first kappa shape index (κ1) is 36.9. The summed E-state index contributed by atoms with van der Waals surface area (Å²) in [6.07, 6.45) is -0.169. The third kappa shape index (κ3) is 7.41. The van der Waals surface area contributed by atoms with Gasteiger partial charge in [-0.05, 0) is 54.1 Å². The molecule has 0 aliphatic carbocycles. The first-order valence-electron chi connectivity index (χ1n) is 15.6. The summed E-state index contributed by atoms with van der Waals surface area (Å²) in [6.45, 7) is 18.6. The molecule has 2 fully saturated rings. The van der Waals surface area contributed by atoms with Gasteiger partial charge in [0.2, 0.25) is 0 Å². The Bertz CT molecular complexity index is 1670. The molecule has 2 aliphatic rings. The Kier molecular flexibility index (Phi) is 10.3. The molecule has 47 heavy (non-hydrogen) atoms. The number of halogens is 2. The molecule has 5 rings (SSSR count). The number of hydrogen-bond acceptors (Lipinski definition) is 11. The lowest BCUT2D eigenvalue weighted by atomic mass is 10.1. The fraction of sp³-hybridized carbons (Fsp3) is 0.633. The van der Waals surface area contributed by atoms with Crippen molar-refractivity contribution in [2.45, 2.75) is 108 Å². The van der Waals surface area contributed by atoms with Crippen LogP contribution in [-0.2, 0) is 39.0 Å². The van der Waals surface area contributed by atoms with E-state index in [1.54, 1.807) is 18.5 Å². The third-order valence-electron chi connectivity index (χ3n) is 9.79. The Balaban J connectivity index is 1.50. The predicted molar refractivity (Wildman–Crippen MR) is 189 cm³/mol. The van der Waals surface area contributed by atoms with E-state index in [4.69, 9.17) is 56.3 Å².